The molecule has 0 unspecified atom stereocenters. The number of nitrogens with zero attached hydrogens (tertiary/aromatic N) is 3. The van der Waals surface area contributed by atoms with Crippen molar-refractivity contribution in [1.82, 2.24) is 20.6 Å². The number of anilines is 1. The van der Waals surface area contributed by atoms with E-state index in [4.69, 9.17) is 4.42 Å². The lowest BCUT2D eigenvalue weighted by atomic mass is 10.2. The van der Waals surface area contributed by atoms with E-state index in [1.54, 1.807) is 18.2 Å². The van der Waals surface area contributed by atoms with E-state index in [1.165, 1.54) is 0 Å². The normalized spacial score (nSPS) is 11.0. The monoisotopic (exact) mass is 357 g/mol. The number of nitrogens with one attached hydrogen (secondary N) is 2. The van der Waals surface area contributed by atoms with Gasteiger partial charge in [0.1, 0.15) is 5.76 Å². The summed E-state index contributed by atoms with van der Waals surface area (Å²) in [6, 6.07) is 20.5. The number of furan rings is 1. The summed E-state index contributed by atoms with van der Waals surface area (Å²) < 4.78 is 5.68. The Bertz CT molecular complexity index is 1070. The van der Waals surface area contributed by atoms with Gasteiger partial charge in [0.25, 0.3) is 5.91 Å². The Morgan fingerprint density at radius 3 is 2.70 bits per heavy atom. The molecule has 132 valence electrons. The first kappa shape index (κ1) is 16.5. The minimum atomic E-state index is -0.308. The summed E-state index contributed by atoms with van der Waals surface area (Å²) in [5, 5.41) is 16.3. The van der Waals surface area contributed by atoms with Crippen LogP contribution in [-0.2, 0) is 0 Å². The molecule has 0 atom stereocenters. The smallest absolute Gasteiger partial charge is 0.291 e. The van der Waals surface area contributed by atoms with Gasteiger partial charge in [-0.2, -0.15) is 0 Å². The Labute approximate surface area is 154 Å². The minimum Gasteiger partial charge on any atom is -0.451 e. The number of aromatic nitrogens is 4. The molecule has 2 heterocycles. The average Bonchev–Trinajstić information content (AvgIpc) is 3.39. The molecule has 0 aliphatic heterocycles. The highest BCUT2D eigenvalue weighted by Gasteiger charge is 2.12. The van der Waals surface area contributed by atoms with Crippen LogP contribution in [0.25, 0.3) is 23.5 Å². The van der Waals surface area contributed by atoms with Crippen LogP contribution in [0.1, 0.15) is 21.9 Å². The number of carbonyl (C=O) groups is 1. The molecule has 0 radical (unpaired) electrons. The summed E-state index contributed by atoms with van der Waals surface area (Å²) in [4.78, 5) is 12.5. The lowest BCUT2D eigenvalue weighted by Crippen LogP contribution is -2.10. The number of carbonyl (C=O) groups excluding carboxylic acids is 1. The summed E-state index contributed by atoms with van der Waals surface area (Å²) in [6.45, 7) is 0. The molecule has 27 heavy (non-hydrogen) atoms. The van der Waals surface area contributed by atoms with E-state index in [-0.39, 0.29) is 11.7 Å². The molecule has 0 aliphatic rings. The molecule has 1 amide bonds. The molecule has 0 saturated heterocycles. The second-order valence-electron chi connectivity index (χ2n) is 5.73. The Balaban J connectivity index is 1.47. The molecule has 0 saturated carbocycles. The SMILES string of the molecule is O=C(Nc1cccc(/C=C/c2nnn[nH]2)c1)c1ccc(-c2ccccc2)o1. The van der Waals surface area contributed by atoms with E-state index in [1.807, 2.05) is 60.7 Å². The molecule has 7 nitrogen and oxygen atoms in total. The molecule has 4 aromatic rings. The number of hydrogen-bond donors (Lipinski definition) is 2. The van der Waals surface area contributed by atoms with Crippen LogP contribution < -0.4 is 5.32 Å². The van der Waals surface area contributed by atoms with Gasteiger partial charge < -0.3 is 9.73 Å². The second-order valence-corrected chi connectivity index (χ2v) is 5.73. The van der Waals surface area contributed by atoms with Gasteiger partial charge >= 0.3 is 0 Å². The fourth-order valence-corrected chi connectivity index (χ4v) is 2.54. The average molecular weight is 357 g/mol. The molecule has 2 aromatic heterocycles. The van der Waals surface area contributed by atoms with Crippen LogP contribution >= 0.6 is 0 Å². The van der Waals surface area contributed by atoms with Gasteiger partial charge in [0.2, 0.25) is 0 Å². The fourth-order valence-electron chi connectivity index (χ4n) is 2.54. The van der Waals surface area contributed by atoms with Crippen LogP contribution in [-0.4, -0.2) is 26.5 Å². The maximum absolute atomic E-state index is 12.5. The Morgan fingerprint density at radius 2 is 1.89 bits per heavy atom. The topological polar surface area (TPSA) is 96.7 Å². The largest absolute Gasteiger partial charge is 0.451 e. The molecule has 2 aromatic carbocycles. The Hall–Kier alpha value is -4.00. The summed E-state index contributed by atoms with van der Waals surface area (Å²) in [6.07, 6.45) is 3.60. The number of tetrazole rings is 1. The highest BCUT2D eigenvalue weighted by Crippen LogP contribution is 2.22. The third kappa shape index (κ3) is 3.98. The third-order valence-corrected chi connectivity index (χ3v) is 3.83. The van der Waals surface area contributed by atoms with Crippen LogP contribution in [0.5, 0.6) is 0 Å². The van der Waals surface area contributed by atoms with Crippen LogP contribution in [0.4, 0.5) is 5.69 Å². The van der Waals surface area contributed by atoms with Gasteiger partial charge in [-0.3, -0.25) is 4.79 Å². The zero-order valence-corrected chi connectivity index (χ0v) is 14.2. The van der Waals surface area contributed by atoms with Crippen molar-refractivity contribution in [2.45, 2.75) is 0 Å². The van der Waals surface area contributed by atoms with Crippen molar-refractivity contribution in [2.75, 3.05) is 5.32 Å². The number of hydrogen-bond acceptors (Lipinski definition) is 5. The molecular weight excluding hydrogens is 342 g/mol. The van der Waals surface area contributed by atoms with E-state index in [0.29, 0.717) is 17.3 Å². The molecule has 0 fully saturated rings. The standard InChI is InChI=1S/C20H15N5O2/c26-20(18-11-10-17(27-18)15-6-2-1-3-7-15)21-16-8-4-5-14(13-16)9-12-19-22-24-25-23-19/h1-13H,(H,21,26)(H,22,23,24,25)/b12-9+. The molecule has 7 heteroatoms. The number of amides is 1. The first-order valence-corrected chi connectivity index (χ1v) is 8.26. The van der Waals surface area contributed by atoms with E-state index in [9.17, 15) is 4.79 Å². The summed E-state index contributed by atoms with van der Waals surface area (Å²) in [5.41, 5.74) is 2.48. The van der Waals surface area contributed by atoms with Crippen LogP contribution in [0.2, 0.25) is 0 Å². The zero-order valence-electron chi connectivity index (χ0n) is 14.2. The van der Waals surface area contributed by atoms with Gasteiger partial charge in [0.05, 0.1) is 0 Å². The third-order valence-electron chi connectivity index (χ3n) is 3.83. The van der Waals surface area contributed by atoms with Gasteiger partial charge in [0, 0.05) is 11.3 Å². The zero-order chi connectivity index (χ0) is 18.5. The lowest BCUT2D eigenvalue weighted by molar-refractivity contribution is 0.0997. The highest BCUT2D eigenvalue weighted by atomic mass is 16.3. The first-order valence-electron chi connectivity index (χ1n) is 8.26. The summed E-state index contributed by atoms with van der Waals surface area (Å²) >= 11 is 0. The Morgan fingerprint density at radius 1 is 1.00 bits per heavy atom. The van der Waals surface area contributed by atoms with Crippen molar-refractivity contribution in [3.63, 3.8) is 0 Å². The van der Waals surface area contributed by atoms with Crippen LogP contribution in [0, 0.1) is 0 Å². The quantitative estimate of drug-likeness (QED) is 0.565. The molecule has 0 aliphatic carbocycles. The van der Waals surface area contributed by atoms with Crippen molar-refractivity contribution in [1.29, 1.82) is 0 Å². The molecule has 2 N–H and O–H groups in total. The second kappa shape index (κ2) is 7.49. The molecule has 4 rings (SSSR count). The first-order chi connectivity index (χ1) is 13.3. The molecular formula is C20H15N5O2. The van der Waals surface area contributed by atoms with Crippen LogP contribution in [0.15, 0.2) is 71.1 Å². The maximum atomic E-state index is 12.5. The lowest BCUT2D eigenvalue weighted by Gasteiger charge is -2.04. The summed E-state index contributed by atoms with van der Waals surface area (Å²) in [5.74, 6) is 1.15. The number of rotatable bonds is 5. The van der Waals surface area contributed by atoms with E-state index < -0.39 is 0 Å². The molecule has 0 bridgehead atoms. The predicted molar refractivity (Wildman–Crippen MR) is 102 cm³/mol. The van der Waals surface area contributed by atoms with Gasteiger partial charge in [-0.15, -0.1) is 5.10 Å². The number of benzene rings is 2. The number of aromatic amines is 1. The van der Waals surface area contributed by atoms with E-state index in [0.717, 1.165) is 11.1 Å². The van der Waals surface area contributed by atoms with E-state index >= 15 is 0 Å². The van der Waals surface area contributed by atoms with Gasteiger partial charge in [-0.05, 0) is 46.3 Å². The van der Waals surface area contributed by atoms with Gasteiger partial charge in [-0.1, -0.05) is 48.5 Å². The van der Waals surface area contributed by atoms with Crippen molar-refractivity contribution in [3.8, 4) is 11.3 Å². The Kier molecular flexibility index (Phi) is 4.57. The van der Waals surface area contributed by atoms with Crippen molar-refractivity contribution in [3.05, 3.63) is 83.9 Å². The van der Waals surface area contributed by atoms with Gasteiger partial charge in [0.15, 0.2) is 11.6 Å². The van der Waals surface area contributed by atoms with Crippen molar-refractivity contribution in [2.24, 2.45) is 0 Å². The highest BCUT2D eigenvalue weighted by molar-refractivity contribution is 6.02. The van der Waals surface area contributed by atoms with Crippen molar-refractivity contribution < 1.29 is 9.21 Å². The molecule has 0 spiro atoms. The fraction of sp³-hybridized carbons (Fsp3) is 0. The van der Waals surface area contributed by atoms with E-state index in [2.05, 4.69) is 25.9 Å². The maximum Gasteiger partial charge on any atom is 0.291 e. The minimum absolute atomic E-state index is 0.252. The number of H-pyrrole nitrogens is 1. The van der Waals surface area contributed by atoms with Crippen molar-refractivity contribution >= 4 is 23.7 Å². The van der Waals surface area contributed by atoms with Crippen LogP contribution in [0.3, 0.4) is 0 Å². The predicted octanol–water partition coefficient (Wildman–Crippen LogP) is 3.88. The summed E-state index contributed by atoms with van der Waals surface area (Å²) in [7, 11) is 0. The van der Waals surface area contributed by atoms with Gasteiger partial charge in [-0.25, -0.2) is 5.10 Å².